The second-order valence-corrected chi connectivity index (χ2v) is 14.2. The molecular formula is C31H27ClF2N8O2S2. The molecule has 0 saturated carbocycles. The Bertz CT molecular complexity index is 2100. The number of aromatic nitrogens is 4. The van der Waals surface area contributed by atoms with Crippen LogP contribution in [0, 0.1) is 24.1 Å². The van der Waals surface area contributed by atoms with Crippen LogP contribution < -0.4 is 15.8 Å². The molecule has 2 atom stereocenters. The number of aryl methyl sites for hydroxylation is 1. The van der Waals surface area contributed by atoms with E-state index in [1.54, 1.807) is 6.07 Å². The number of hydrogen-bond acceptors (Lipinski definition) is 12. The molecule has 8 rings (SSSR count). The van der Waals surface area contributed by atoms with Gasteiger partial charge in [0.15, 0.2) is 0 Å². The third kappa shape index (κ3) is 4.67. The molecule has 0 amide bonds. The van der Waals surface area contributed by atoms with E-state index in [2.05, 4.69) is 25.6 Å². The van der Waals surface area contributed by atoms with Gasteiger partial charge in [0.2, 0.25) is 0 Å². The van der Waals surface area contributed by atoms with E-state index in [1.165, 1.54) is 17.6 Å². The number of benzene rings is 2. The smallest absolute Gasteiger partial charge is 0.319 e. The van der Waals surface area contributed by atoms with E-state index in [9.17, 15) is 9.65 Å². The Labute approximate surface area is 275 Å². The van der Waals surface area contributed by atoms with Crippen molar-refractivity contribution in [1.29, 1.82) is 5.26 Å². The number of anilines is 2. The molecule has 3 aliphatic heterocycles. The van der Waals surface area contributed by atoms with Gasteiger partial charge in [-0.05, 0) is 60.6 Å². The standard InChI is InChI=1S/C31H27ClF2N8O2S2/c1-14-38-21(46-41-14)9-37-29-24-19-12-43-11-18(19)22(16-3-4-20(34)27-23(16)17(8-35)28(36)45-27)25(32)26(24)39-30(40-29)44-13-31-5-2-6-42(31)10-15(33)7-31/h3-4,15H,2,5-7,9-13,36H2,1H3,(H,37,39,40). The number of halogens is 3. The van der Waals surface area contributed by atoms with Crippen molar-refractivity contribution in [3.8, 4) is 23.2 Å². The average molecular weight is 681 g/mol. The van der Waals surface area contributed by atoms with Gasteiger partial charge < -0.3 is 20.5 Å². The lowest BCUT2D eigenvalue weighted by atomic mass is 9.91. The Hall–Kier alpha value is -3.74. The van der Waals surface area contributed by atoms with Crippen molar-refractivity contribution in [3.05, 3.63) is 50.5 Å². The normalized spacial score (nSPS) is 20.8. The van der Waals surface area contributed by atoms with E-state index in [0.29, 0.717) is 58.6 Å². The quantitative estimate of drug-likeness (QED) is 0.196. The number of hydrogen-bond donors (Lipinski definition) is 2. The summed E-state index contributed by atoms with van der Waals surface area (Å²) in [5.41, 5.74) is 9.15. The number of thiophene rings is 1. The van der Waals surface area contributed by atoms with Crippen molar-refractivity contribution < 1.29 is 18.3 Å². The second-order valence-electron chi connectivity index (χ2n) is 11.9. The van der Waals surface area contributed by atoms with Crippen molar-refractivity contribution >= 4 is 66.3 Å². The fourth-order valence-electron chi connectivity index (χ4n) is 7.21. The molecule has 3 N–H and O–H groups in total. The molecule has 15 heteroatoms. The van der Waals surface area contributed by atoms with E-state index in [-0.39, 0.29) is 46.1 Å². The highest BCUT2D eigenvalue weighted by atomic mass is 35.5. The molecule has 0 aliphatic carbocycles. The van der Waals surface area contributed by atoms with Crippen LogP contribution in [0.5, 0.6) is 6.01 Å². The van der Waals surface area contributed by atoms with Crippen LogP contribution in [0.1, 0.15) is 46.8 Å². The molecule has 46 heavy (non-hydrogen) atoms. The van der Waals surface area contributed by atoms with Gasteiger partial charge in [-0.25, -0.2) is 13.8 Å². The number of alkyl halides is 1. The van der Waals surface area contributed by atoms with E-state index in [0.717, 1.165) is 46.9 Å². The predicted octanol–water partition coefficient (Wildman–Crippen LogP) is 6.52. The lowest BCUT2D eigenvalue weighted by Gasteiger charge is -2.30. The number of nitrogens with one attached hydrogen (secondary N) is 1. The first kappa shape index (κ1) is 29.6. The van der Waals surface area contributed by atoms with Crippen LogP contribution in [-0.4, -0.2) is 55.6 Å². The molecule has 0 radical (unpaired) electrons. The fourth-order valence-corrected chi connectivity index (χ4v) is 9.10. The molecule has 0 bridgehead atoms. The number of ether oxygens (including phenoxy) is 2. The molecule has 2 saturated heterocycles. The molecule has 236 valence electrons. The highest BCUT2D eigenvalue weighted by Crippen LogP contribution is 2.49. The van der Waals surface area contributed by atoms with Gasteiger partial charge in [0.1, 0.15) is 46.3 Å². The molecule has 6 heterocycles. The SMILES string of the molecule is Cc1nsc(CNc2nc(OCC34CCCN3CC(F)C4)nc3c(Cl)c(-c4ccc(F)c5sc(N)c(C#N)c45)c4c(c23)COC4)n1. The van der Waals surface area contributed by atoms with Crippen molar-refractivity contribution in [2.24, 2.45) is 0 Å². The summed E-state index contributed by atoms with van der Waals surface area (Å²) in [5.74, 6) is 0.696. The molecule has 2 aromatic carbocycles. The van der Waals surface area contributed by atoms with Crippen molar-refractivity contribution in [2.75, 3.05) is 30.7 Å². The number of rotatable bonds is 7. The van der Waals surface area contributed by atoms with Gasteiger partial charge in [0.05, 0.1) is 51.5 Å². The third-order valence-corrected chi connectivity index (χ3v) is 11.4. The Balaban J connectivity index is 1.31. The number of nitrogen functional groups attached to an aromatic ring is 1. The van der Waals surface area contributed by atoms with E-state index in [4.69, 9.17) is 36.8 Å². The maximum Gasteiger partial charge on any atom is 0.319 e. The molecule has 2 unspecified atom stereocenters. The summed E-state index contributed by atoms with van der Waals surface area (Å²) in [6.45, 7) is 4.18. The first-order valence-electron chi connectivity index (χ1n) is 14.8. The number of nitrogens with zero attached hydrogens (tertiary/aromatic N) is 6. The van der Waals surface area contributed by atoms with E-state index >= 15 is 4.39 Å². The Kier molecular flexibility index (Phi) is 7.22. The van der Waals surface area contributed by atoms with E-state index < -0.39 is 17.5 Å². The summed E-state index contributed by atoms with van der Waals surface area (Å²) < 4.78 is 46.3. The first-order chi connectivity index (χ1) is 22.3. The zero-order chi connectivity index (χ0) is 31.7. The Morgan fingerprint density at radius 3 is 2.91 bits per heavy atom. The van der Waals surface area contributed by atoms with Gasteiger partial charge in [0, 0.05) is 23.9 Å². The van der Waals surface area contributed by atoms with Gasteiger partial charge in [-0.1, -0.05) is 17.7 Å². The van der Waals surface area contributed by atoms with Gasteiger partial charge in [-0.15, -0.1) is 11.3 Å². The van der Waals surface area contributed by atoms with E-state index in [1.807, 2.05) is 6.92 Å². The summed E-state index contributed by atoms with van der Waals surface area (Å²) in [6, 6.07) is 5.22. The van der Waals surface area contributed by atoms with Crippen molar-refractivity contribution in [2.45, 2.75) is 57.7 Å². The minimum atomic E-state index is -0.898. The largest absolute Gasteiger partial charge is 0.461 e. The molecule has 3 aromatic heterocycles. The van der Waals surface area contributed by atoms with Gasteiger partial charge in [-0.2, -0.15) is 19.6 Å². The zero-order valence-electron chi connectivity index (χ0n) is 24.6. The van der Waals surface area contributed by atoms with Gasteiger partial charge >= 0.3 is 6.01 Å². The highest BCUT2D eigenvalue weighted by molar-refractivity contribution is 7.23. The second kappa shape index (κ2) is 11.2. The number of nitriles is 1. The molecule has 0 spiro atoms. The monoisotopic (exact) mass is 680 g/mol. The van der Waals surface area contributed by atoms with Crippen molar-refractivity contribution in [3.63, 3.8) is 0 Å². The Morgan fingerprint density at radius 2 is 2.11 bits per heavy atom. The van der Waals surface area contributed by atoms with Crippen LogP contribution in [0.3, 0.4) is 0 Å². The molecule has 3 aliphatic rings. The fraction of sp³-hybridized carbons (Fsp3) is 0.387. The summed E-state index contributed by atoms with van der Waals surface area (Å²) in [5, 5.41) is 15.7. The maximum absolute atomic E-state index is 15.0. The minimum absolute atomic E-state index is 0.0976. The maximum atomic E-state index is 15.0. The van der Waals surface area contributed by atoms with Crippen LogP contribution in [0.4, 0.5) is 19.6 Å². The summed E-state index contributed by atoms with van der Waals surface area (Å²) >= 11 is 9.61. The van der Waals surface area contributed by atoms with Crippen LogP contribution >= 0.6 is 34.5 Å². The van der Waals surface area contributed by atoms with Crippen LogP contribution in [-0.2, 0) is 24.5 Å². The van der Waals surface area contributed by atoms with Gasteiger partial charge in [-0.3, -0.25) is 4.90 Å². The lowest BCUT2D eigenvalue weighted by Crippen LogP contribution is -2.43. The van der Waals surface area contributed by atoms with Crippen LogP contribution in [0.2, 0.25) is 5.02 Å². The third-order valence-electron chi connectivity index (χ3n) is 9.18. The minimum Gasteiger partial charge on any atom is -0.461 e. The van der Waals surface area contributed by atoms with Crippen LogP contribution in [0.15, 0.2) is 12.1 Å². The number of nitrogens with two attached hydrogens (primary N) is 1. The Morgan fingerprint density at radius 1 is 1.26 bits per heavy atom. The van der Waals surface area contributed by atoms with Gasteiger partial charge in [0.25, 0.3) is 0 Å². The lowest BCUT2D eigenvalue weighted by molar-refractivity contribution is 0.107. The molecule has 5 aromatic rings. The highest BCUT2D eigenvalue weighted by Gasteiger charge is 2.49. The average Bonchev–Trinajstić information content (AvgIpc) is 3.85. The molecule has 2 fully saturated rings. The van der Waals surface area contributed by atoms with Crippen LogP contribution in [0.25, 0.3) is 32.1 Å². The molecular weight excluding hydrogens is 654 g/mol. The number of fused-ring (bicyclic) bond motifs is 5. The van der Waals surface area contributed by atoms with Crippen molar-refractivity contribution in [1.82, 2.24) is 24.2 Å². The summed E-state index contributed by atoms with van der Waals surface area (Å²) in [4.78, 5) is 16.3. The predicted molar refractivity (Wildman–Crippen MR) is 173 cm³/mol. The summed E-state index contributed by atoms with van der Waals surface area (Å²) in [7, 11) is 0. The first-order valence-corrected chi connectivity index (χ1v) is 16.8. The molecule has 10 nitrogen and oxygen atoms in total. The topological polar surface area (TPSA) is 135 Å². The summed E-state index contributed by atoms with van der Waals surface area (Å²) in [6.07, 6.45) is 1.33. The zero-order valence-corrected chi connectivity index (χ0v) is 27.0.